The van der Waals surface area contributed by atoms with E-state index in [-0.39, 0.29) is 11.8 Å². The lowest BCUT2D eigenvalue weighted by Crippen LogP contribution is -2.40. The van der Waals surface area contributed by atoms with Gasteiger partial charge in [-0.1, -0.05) is 18.2 Å². The Labute approximate surface area is 128 Å². The van der Waals surface area contributed by atoms with Gasteiger partial charge in [0.1, 0.15) is 5.75 Å². The summed E-state index contributed by atoms with van der Waals surface area (Å²) < 4.78 is 5.15. The second kappa shape index (κ2) is 5.89. The van der Waals surface area contributed by atoms with Crippen molar-refractivity contribution in [2.75, 3.05) is 23.9 Å². The molecule has 1 aliphatic rings. The Balaban J connectivity index is 1.88. The van der Waals surface area contributed by atoms with Gasteiger partial charge in [0.2, 0.25) is 0 Å². The van der Waals surface area contributed by atoms with Gasteiger partial charge < -0.3 is 10.1 Å². The van der Waals surface area contributed by atoms with Gasteiger partial charge in [-0.15, -0.1) is 0 Å². The summed E-state index contributed by atoms with van der Waals surface area (Å²) in [4.78, 5) is 26.1. The van der Waals surface area contributed by atoms with Gasteiger partial charge in [-0.3, -0.25) is 9.69 Å². The molecule has 5 nitrogen and oxygen atoms in total. The molecule has 0 spiro atoms. The number of nitrogens with one attached hydrogen (secondary N) is 1. The Morgan fingerprint density at radius 1 is 1.18 bits per heavy atom. The molecule has 5 heteroatoms. The van der Waals surface area contributed by atoms with E-state index in [4.69, 9.17) is 4.74 Å². The van der Waals surface area contributed by atoms with Crippen LogP contribution in [0.5, 0.6) is 5.75 Å². The summed E-state index contributed by atoms with van der Waals surface area (Å²) in [5.41, 5.74) is 1.86. The van der Waals surface area contributed by atoms with Crippen LogP contribution in [0.4, 0.5) is 16.2 Å². The number of nitrogens with zero attached hydrogens (tertiary/aromatic N) is 1. The highest BCUT2D eigenvalue weighted by Gasteiger charge is 2.27. The molecule has 0 saturated carbocycles. The number of methoxy groups -OCH3 is 1. The molecular formula is C17H16N2O3. The maximum Gasteiger partial charge on any atom is 0.326 e. The van der Waals surface area contributed by atoms with E-state index < -0.39 is 0 Å². The molecule has 112 valence electrons. The zero-order valence-corrected chi connectivity index (χ0v) is 12.2. The number of urea groups is 1. The fourth-order valence-corrected chi connectivity index (χ4v) is 2.49. The third-order valence-corrected chi connectivity index (χ3v) is 3.63. The fraction of sp³-hybridized carbons (Fsp3) is 0.176. The van der Waals surface area contributed by atoms with Gasteiger partial charge in [0, 0.05) is 24.2 Å². The molecule has 0 bridgehead atoms. The van der Waals surface area contributed by atoms with Crippen LogP contribution < -0.4 is 15.0 Å². The number of fused-ring (bicyclic) bond motifs is 1. The van der Waals surface area contributed by atoms with E-state index in [9.17, 15) is 9.59 Å². The van der Waals surface area contributed by atoms with Crippen molar-refractivity contribution in [2.45, 2.75) is 6.42 Å². The maximum atomic E-state index is 12.5. The second-order valence-corrected chi connectivity index (χ2v) is 5.00. The summed E-state index contributed by atoms with van der Waals surface area (Å²) in [6.45, 7) is 0.372. The monoisotopic (exact) mass is 296 g/mol. The zero-order chi connectivity index (χ0) is 15.5. The Morgan fingerprint density at radius 2 is 1.95 bits per heavy atom. The van der Waals surface area contributed by atoms with Crippen molar-refractivity contribution >= 4 is 23.2 Å². The molecule has 1 N–H and O–H groups in total. The molecule has 0 aliphatic carbocycles. The van der Waals surface area contributed by atoms with Gasteiger partial charge in [-0.25, -0.2) is 4.79 Å². The largest absolute Gasteiger partial charge is 0.497 e. The topological polar surface area (TPSA) is 58.6 Å². The lowest BCUT2D eigenvalue weighted by atomic mass is 10.0. The maximum absolute atomic E-state index is 12.5. The average molecular weight is 296 g/mol. The van der Waals surface area contributed by atoms with Gasteiger partial charge in [-0.2, -0.15) is 0 Å². The van der Waals surface area contributed by atoms with E-state index in [1.54, 1.807) is 30.2 Å². The third kappa shape index (κ3) is 2.65. The van der Waals surface area contributed by atoms with Crippen molar-refractivity contribution < 1.29 is 14.3 Å². The zero-order valence-electron chi connectivity index (χ0n) is 12.2. The summed E-state index contributed by atoms with van der Waals surface area (Å²) in [7, 11) is 1.55. The average Bonchev–Trinajstić information content (AvgIpc) is 2.56. The predicted molar refractivity (Wildman–Crippen MR) is 84.7 cm³/mol. The van der Waals surface area contributed by atoms with Crippen LogP contribution in [-0.2, 0) is 0 Å². The lowest BCUT2D eigenvalue weighted by molar-refractivity contribution is 0.0981. The number of hydrogen-bond acceptors (Lipinski definition) is 3. The molecule has 0 fully saturated rings. The Morgan fingerprint density at radius 3 is 2.68 bits per heavy atom. The highest BCUT2D eigenvalue weighted by molar-refractivity contribution is 6.11. The molecule has 0 atom stereocenters. The number of benzene rings is 2. The van der Waals surface area contributed by atoms with Crippen LogP contribution in [0.2, 0.25) is 0 Å². The van der Waals surface area contributed by atoms with Gasteiger partial charge in [0.05, 0.1) is 12.8 Å². The van der Waals surface area contributed by atoms with E-state index in [0.29, 0.717) is 30.0 Å². The molecule has 22 heavy (non-hydrogen) atoms. The fourth-order valence-electron chi connectivity index (χ4n) is 2.49. The molecule has 2 aromatic rings. The summed E-state index contributed by atoms with van der Waals surface area (Å²) in [6.07, 6.45) is 0.308. The molecule has 0 saturated heterocycles. The van der Waals surface area contributed by atoms with Crippen LogP contribution in [0.1, 0.15) is 16.8 Å². The number of carbonyl (C=O) groups is 2. The number of ether oxygens (including phenoxy) is 1. The van der Waals surface area contributed by atoms with E-state index in [0.717, 1.165) is 5.69 Å². The van der Waals surface area contributed by atoms with Gasteiger partial charge in [0.15, 0.2) is 5.78 Å². The standard InChI is InChI=1S/C17H16N2O3/c1-22-13-7-8-15-14(11-13)16(20)9-10-19(15)17(21)18-12-5-3-2-4-6-12/h2-8,11H,9-10H2,1H3,(H,18,21). The smallest absolute Gasteiger partial charge is 0.326 e. The lowest BCUT2D eigenvalue weighted by Gasteiger charge is -2.29. The summed E-state index contributed by atoms with van der Waals surface area (Å²) >= 11 is 0. The normalized spacial score (nSPS) is 13.5. The molecule has 1 aliphatic heterocycles. The van der Waals surface area contributed by atoms with E-state index >= 15 is 0 Å². The Kier molecular flexibility index (Phi) is 3.78. The third-order valence-electron chi connectivity index (χ3n) is 3.63. The number of rotatable bonds is 2. The molecule has 1 heterocycles. The van der Waals surface area contributed by atoms with Gasteiger partial charge in [-0.05, 0) is 30.3 Å². The van der Waals surface area contributed by atoms with E-state index in [1.807, 2.05) is 30.3 Å². The van der Waals surface area contributed by atoms with Gasteiger partial charge >= 0.3 is 6.03 Å². The number of carbonyl (C=O) groups excluding carboxylic acids is 2. The molecular weight excluding hydrogens is 280 g/mol. The first-order valence-electron chi connectivity index (χ1n) is 7.04. The number of Topliss-reactive ketones (excluding diaryl/α,β-unsaturated/α-hetero) is 1. The minimum absolute atomic E-state index is 0.0256. The molecule has 0 aromatic heterocycles. The van der Waals surface area contributed by atoms with Crippen LogP contribution in [-0.4, -0.2) is 25.5 Å². The van der Waals surface area contributed by atoms with Crippen molar-refractivity contribution in [2.24, 2.45) is 0 Å². The van der Waals surface area contributed by atoms with Crippen LogP contribution in [0, 0.1) is 0 Å². The number of para-hydroxylation sites is 1. The van der Waals surface area contributed by atoms with E-state index in [1.165, 1.54) is 0 Å². The van der Waals surface area contributed by atoms with Crippen LogP contribution in [0.25, 0.3) is 0 Å². The molecule has 3 rings (SSSR count). The first kappa shape index (κ1) is 14.1. The number of amides is 2. The van der Waals surface area contributed by atoms with Crippen molar-refractivity contribution in [1.29, 1.82) is 0 Å². The first-order chi connectivity index (χ1) is 10.7. The molecule has 0 radical (unpaired) electrons. The summed E-state index contributed by atoms with van der Waals surface area (Å²) in [5, 5.41) is 2.84. The number of hydrogen-bond donors (Lipinski definition) is 1. The number of ketones is 1. The summed E-state index contributed by atoms with van der Waals surface area (Å²) in [5.74, 6) is 0.634. The highest BCUT2D eigenvalue weighted by Crippen LogP contribution is 2.30. The molecule has 2 aromatic carbocycles. The van der Waals surface area contributed by atoms with Crippen molar-refractivity contribution in [1.82, 2.24) is 0 Å². The SMILES string of the molecule is COc1ccc2c(c1)C(=O)CCN2C(=O)Nc1ccccc1. The first-order valence-corrected chi connectivity index (χ1v) is 7.04. The highest BCUT2D eigenvalue weighted by atomic mass is 16.5. The quantitative estimate of drug-likeness (QED) is 0.925. The Hall–Kier alpha value is -2.82. The minimum Gasteiger partial charge on any atom is -0.497 e. The van der Waals surface area contributed by atoms with Crippen LogP contribution in [0.3, 0.4) is 0 Å². The summed E-state index contributed by atoms with van der Waals surface area (Å²) in [6, 6.07) is 14.2. The number of anilines is 2. The van der Waals surface area contributed by atoms with Crippen LogP contribution >= 0.6 is 0 Å². The molecule has 2 amide bonds. The van der Waals surface area contributed by atoms with Crippen molar-refractivity contribution in [3.63, 3.8) is 0 Å². The molecule has 0 unspecified atom stereocenters. The predicted octanol–water partition coefficient (Wildman–Crippen LogP) is 3.32. The second-order valence-electron chi connectivity index (χ2n) is 5.00. The van der Waals surface area contributed by atoms with Crippen molar-refractivity contribution in [3.05, 3.63) is 54.1 Å². The van der Waals surface area contributed by atoms with E-state index in [2.05, 4.69) is 5.32 Å². The minimum atomic E-state index is -0.245. The van der Waals surface area contributed by atoms with Crippen LogP contribution in [0.15, 0.2) is 48.5 Å². The Bertz CT molecular complexity index is 713. The van der Waals surface area contributed by atoms with Gasteiger partial charge in [0.25, 0.3) is 0 Å². The van der Waals surface area contributed by atoms with Crippen molar-refractivity contribution in [3.8, 4) is 5.75 Å².